The number of rotatable bonds is 9. The Kier molecular flexibility index (Phi) is 10.9. The van der Waals surface area contributed by atoms with Crippen molar-refractivity contribution in [3.8, 4) is 5.75 Å². The predicted molar refractivity (Wildman–Crippen MR) is 132 cm³/mol. The van der Waals surface area contributed by atoms with Crippen LogP contribution < -0.4 is 20.3 Å². The molecule has 3 rings (SSSR count). The van der Waals surface area contributed by atoms with Gasteiger partial charge in [0, 0.05) is 44.3 Å². The molecule has 2 aromatic rings. The van der Waals surface area contributed by atoms with Gasteiger partial charge < -0.3 is 24.8 Å². The van der Waals surface area contributed by atoms with E-state index in [0.29, 0.717) is 6.54 Å². The van der Waals surface area contributed by atoms with E-state index in [4.69, 9.17) is 4.99 Å². The number of hydrogen-bond acceptors (Lipinski definition) is 5. The number of nitrogens with one attached hydrogen (secondary N) is 2. The lowest BCUT2D eigenvalue weighted by atomic mass is 10.0. The Bertz CT molecular complexity index is 832. The number of hydrogen-bond donors (Lipinski definition) is 2. The number of aliphatic imine (C=N–C) groups is 1. The quantitative estimate of drug-likeness (QED) is 0.277. The maximum absolute atomic E-state index is 12.4. The molecular weight excluding hydrogens is 531 g/mol. The molecule has 1 aromatic heterocycles. The van der Waals surface area contributed by atoms with Crippen molar-refractivity contribution in [1.29, 1.82) is 0 Å². The molecule has 1 fully saturated rings. The van der Waals surface area contributed by atoms with Gasteiger partial charge in [0.25, 0.3) is 0 Å². The highest BCUT2D eigenvalue weighted by atomic mass is 127. The van der Waals surface area contributed by atoms with E-state index in [1.807, 2.05) is 23.6 Å². The molecule has 0 radical (unpaired) electrons. The molecule has 11 heteroatoms. The summed E-state index contributed by atoms with van der Waals surface area (Å²) in [6.07, 6.45) is 4.66. The SMILES string of the molecule is CCNC(=NCCn1cnnc1CC)NC1CCCN(c2ccc(OC(F)F)cc2)C1.I. The van der Waals surface area contributed by atoms with Crippen LogP contribution in [0.25, 0.3) is 0 Å². The standard InChI is InChI=1S/C21H31F2N7O.HI/c1-3-19-28-26-15-30(19)13-11-25-21(24-4-2)27-16-6-5-12-29(14-16)17-7-9-18(10-8-17)31-20(22)23;/h7-10,15-16,20H,3-6,11-14H2,1-2H3,(H2,24,25,27);1H. The van der Waals surface area contributed by atoms with E-state index in [2.05, 4.69) is 37.4 Å². The predicted octanol–water partition coefficient (Wildman–Crippen LogP) is 3.28. The van der Waals surface area contributed by atoms with Gasteiger partial charge in [-0.2, -0.15) is 8.78 Å². The van der Waals surface area contributed by atoms with Gasteiger partial charge in [0.1, 0.15) is 17.9 Å². The molecule has 1 unspecified atom stereocenters. The third-order valence-electron chi connectivity index (χ3n) is 5.16. The van der Waals surface area contributed by atoms with E-state index in [0.717, 1.165) is 62.9 Å². The lowest BCUT2D eigenvalue weighted by Gasteiger charge is -2.35. The zero-order valence-corrected chi connectivity index (χ0v) is 20.8. The molecule has 2 heterocycles. The first-order valence-electron chi connectivity index (χ1n) is 10.8. The minimum atomic E-state index is -2.81. The Balaban J connectivity index is 0.00000363. The van der Waals surface area contributed by atoms with Gasteiger partial charge in [-0.15, -0.1) is 34.2 Å². The van der Waals surface area contributed by atoms with Gasteiger partial charge in [0.2, 0.25) is 0 Å². The van der Waals surface area contributed by atoms with Crippen molar-refractivity contribution in [2.75, 3.05) is 31.1 Å². The molecule has 8 nitrogen and oxygen atoms in total. The topological polar surface area (TPSA) is 79.6 Å². The number of aryl methyl sites for hydroxylation is 1. The van der Waals surface area contributed by atoms with Crippen LogP contribution in [0.2, 0.25) is 0 Å². The van der Waals surface area contributed by atoms with E-state index in [1.54, 1.807) is 18.5 Å². The Morgan fingerprint density at radius 2 is 2.06 bits per heavy atom. The molecule has 1 aliphatic rings. The second kappa shape index (κ2) is 13.4. The maximum Gasteiger partial charge on any atom is 0.387 e. The molecule has 1 saturated heterocycles. The summed E-state index contributed by atoms with van der Waals surface area (Å²) in [5.74, 6) is 1.92. The first-order valence-corrected chi connectivity index (χ1v) is 10.8. The summed E-state index contributed by atoms with van der Waals surface area (Å²) in [5, 5.41) is 14.9. The third kappa shape index (κ3) is 7.75. The number of aromatic nitrogens is 3. The van der Waals surface area contributed by atoms with Crippen LogP contribution >= 0.6 is 24.0 Å². The van der Waals surface area contributed by atoms with Crippen LogP contribution in [0, 0.1) is 0 Å². The number of guanidine groups is 1. The molecule has 1 aromatic carbocycles. The van der Waals surface area contributed by atoms with Crippen LogP contribution in [0.15, 0.2) is 35.6 Å². The van der Waals surface area contributed by atoms with Crippen LogP contribution in [-0.4, -0.2) is 59.6 Å². The average molecular weight is 563 g/mol. The van der Waals surface area contributed by atoms with Crippen LogP contribution in [0.5, 0.6) is 5.75 Å². The van der Waals surface area contributed by atoms with Crippen molar-refractivity contribution in [3.05, 3.63) is 36.4 Å². The highest BCUT2D eigenvalue weighted by Crippen LogP contribution is 2.23. The Hall–Kier alpha value is -2.18. The van der Waals surface area contributed by atoms with E-state index < -0.39 is 6.61 Å². The summed E-state index contributed by atoms with van der Waals surface area (Å²) in [7, 11) is 0. The summed E-state index contributed by atoms with van der Waals surface area (Å²) in [6.45, 7) is 5.17. The van der Waals surface area contributed by atoms with Crippen LogP contribution in [0.4, 0.5) is 14.5 Å². The smallest absolute Gasteiger partial charge is 0.387 e. The Morgan fingerprint density at radius 1 is 1.28 bits per heavy atom. The van der Waals surface area contributed by atoms with Gasteiger partial charge in [0.05, 0.1) is 6.54 Å². The fourth-order valence-electron chi connectivity index (χ4n) is 3.69. The number of alkyl halides is 2. The first kappa shape index (κ1) is 26.1. The maximum atomic E-state index is 12.4. The molecule has 32 heavy (non-hydrogen) atoms. The van der Waals surface area contributed by atoms with Gasteiger partial charge in [-0.3, -0.25) is 4.99 Å². The second-order valence-corrected chi connectivity index (χ2v) is 7.36. The van der Waals surface area contributed by atoms with E-state index in [9.17, 15) is 8.78 Å². The summed E-state index contributed by atoms with van der Waals surface area (Å²) < 4.78 is 31.2. The summed E-state index contributed by atoms with van der Waals surface area (Å²) in [6, 6.07) is 7.05. The molecule has 0 bridgehead atoms. The molecule has 0 aliphatic carbocycles. The molecule has 2 N–H and O–H groups in total. The molecule has 0 saturated carbocycles. The Labute approximate surface area is 204 Å². The zero-order chi connectivity index (χ0) is 22.1. The van der Waals surface area contributed by atoms with Gasteiger partial charge >= 0.3 is 6.61 Å². The summed E-state index contributed by atoms with van der Waals surface area (Å²) in [5.41, 5.74) is 0.995. The molecule has 0 spiro atoms. The van der Waals surface area contributed by atoms with E-state index >= 15 is 0 Å². The van der Waals surface area contributed by atoms with Crippen molar-refractivity contribution in [3.63, 3.8) is 0 Å². The van der Waals surface area contributed by atoms with Crippen molar-refractivity contribution in [2.45, 2.75) is 52.3 Å². The monoisotopic (exact) mass is 563 g/mol. The van der Waals surface area contributed by atoms with Crippen LogP contribution in [0.3, 0.4) is 0 Å². The van der Waals surface area contributed by atoms with Crippen LogP contribution in [0.1, 0.15) is 32.5 Å². The van der Waals surface area contributed by atoms with Gasteiger partial charge in [-0.1, -0.05) is 6.92 Å². The van der Waals surface area contributed by atoms with Crippen LogP contribution in [-0.2, 0) is 13.0 Å². The first-order chi connectivity index (χ1) is 15.1. The zero-order valence-electron chi connectivity index (χ0n) is 18.5. The number of nitrogens with zero attached hydrogens (tertiary/aromatic N) is 5. The molecule has 178 valence electrons. The minimum Gasteiger partial charge on any atom is -0.435 e. The average Bonchev–Trinajstić information content (AvgIpc) is 3.22. The highest BCUT2D eigenvalue weighted by Gasteiger charge is 2.21. The lowest BCUT2D eigenvalue weighted by Crippen LogP contribution is -2.51. The van der Waals surface area contributed by atoms with E-state index in [-0.39, 0.29) is 35.8 Å². The lowest BCUT2D eigenvalue weighted by molar-refractivity contribution is -0.0498. The number of halogens is 3. The highest BCUT2D eigenvalue weighted by molar-refractivity contribution is 14.0. The number of piperidine rings is 1. The second-order valence-electron chi connectivity index (χ2n) is 7.36. The van der Waals surface area contributed by atoms with E-state index in [1.165, 1.54) is 0 Å². The summed E-state index contributed by atoms with van der Waals surface area (Å²) >= 11 is 0. The minimum absolute atomic E-state index is 0. The summed E-state index contributed by atoms with van der Waals surface area (Å²) in [4.78, 5) is 6.96. The van der Waals surface area contributed by atoms with Gasteiger partial charge in [-0.05, 0) is 44.0 Å². The number of benzene rings is 1. The molecule has 1 atom stereocenters. The van der Waals surface area contributed by atoms with Crippen molar-refractivity contribution in [1.82, 2.24) is 25.4 Å². The van der Waals surface area contributed by atoms with Crippen molar-refractivity contribution in [2.24, 2.45) is 4.99 Å². The van der Waals surface area contributed by atoms with Gasteiger partial charge in [0.15, 0.2) is 5.96 Å². The normalized spacial score (nSPS) is 16.6. The fraction of sp³-hybridized carbons (Fsp3) is 0.571. The van der Waals surface area contributed by atoms with Gasteiger partial charge in [-0.25, -0.2) is 0 Å². The van der Waals surface area contributed by atoms with Crippen molar-refractivity contribution >= 4 is 35.6 Å². The largest absolute Gasteiger partial charge is 0.435 e. The van der Waals surface area contributed by atoms with Crippen molar-refractivity contribution < 1.29 is 13.5 Å². The Morgan fingerprint density at radius 3 is 2.75 bits per heavy atom. The molecule has 1 aliphatic heterocycles. The number of anilines is 1. The number of ether oxygens (including phenoxy) is 1. The third-order valence-corrected chi connectivity index (χ3v) is 5.16. The molecular formula is C21H32F2IN7O. The fourth-order valence-corrected chi connectivity index (χ4v) is 3.69. The molecule has 0 amide bonds.